The van der Waals surface area contributed by atoms with Gasteiger partial charge in [-0.3, -0.25) is 0 Å². The molecule has 78 heavy (non-hydrogen) atoms. The highest BCUT2D eigenvalue weighted by atomic mass is 15.1. The number of aryl methyl sites for hydroxylation is 4. The summed E-state index contributed by atoms with van der Waals surface area (Å²) in [4.78, 5) is 4.86. The molecule has 0 saturated heterocycles. The van der Waals surface area contributed by atoms with E-state index in [0.717, 1.165) is 11.4 Å². The fourth-order valence-corrected chi connectivity index (χ4v) is 12.3. The number of rotatable bonds is 10. The van der Waals surface area contributed by atoms with Crippen molar-refractivity contribution in [1.29, 1.82) is 0 Å². The SMILES string of the molecule is Cc1cc(C)cc(N(c2ccc(C(C)(C)C)cc2)c2ccc3c(c2)C(C)(C)c2cc(/C=C/c4ccc(/C=C/c5ccc6c(c5)C(C)(C)c5cc(N(c7ccc(C(C)(C)C)cc7)c7cc(C)cc(C)c7)ccc5-6)cc4)ccc2-3)c1. The second-order valence-corrected chi connectivity index (χ2v) is 25.6. The van der Waals surface area contributed by atoms with E-state index < -0.39 is 0 Å². The quantitative estimate of drug-likeness (QED) is 0.126. The molecule has 0 atom stereocenters. The Balaban J connectivity index is 0.803. The topological polar surface area (TPSA) is 6.48 Å². The van der Waals surface area contributed by atoms with Gasteiger partial charge in [0.15, 0.2) is 0 Å². The third kappa shape index (κ3) is 9.87. The van der Waals surface area contributed by atoms with E-state index in [-0.39, 0.29) is 21.7 Å². The van der Waals surface area contributed by atoms with E-state index in [1.807, 2.05) is 0 Å². The van der Waals surface area contributed by atoms with Gasteiger partial charge in [0.1, 0.15) is 0 Å². The summed E-state index contributed by atoms with van der Waals surface area (Å²) in [6.45, 7) is 32.0. The van der Waals surface area contributed by atoms with Gasteiger partial charge in [-0.2, -0.15) is 0 Å². The van der Waals surface area contributed by atoms with E-state index in [0.29, 0.717) is 0 Å². The average molecular weight is 1020 g/mol. The molecule has 0 N–H and O–H groups in total. The van der Waals surface area contributed by atoms with Crippen LogP contribution in [0.4, 0.5) is 34.1 Å². The first-order valence-corrected chi connectivity index (χ1v) is 28.0. The van der Waals surface area contributed by atoms with E-state index >= 15 is 0 Å². The highest BCUT2D eigenvalue weighted by Gasteiger charge is 2.38. The molecule has 9 aromatic rings. The minimum absolute atomic E-state index is 0.0853. The van der Waals surface area contributed by atoms with Gasteiger partial charge in [-0.05, 0) is 211 Å². The van der Waals surface area contributed by atoms with Gasteiger partial charge in [0, 0.05) is 45.0 Å². The Morgan fingerprint density at radius 3 is 0.872 bits per heavy atom. The first-order chi connectivity index (χ1) is 37.0. The molecule has 11 rings (SSSR count). The molecular formula is C76H76N2. The second-order valence-electron chi connectivity index (χ2n) is 25.6. The molecule has 0 spiro atoms. The fourth-order valence-electron chi connectivity index (χ4n) is 12.3. The number of hydrogen-bond donors (Lipinski definition) is 0. The molecule has 0 saturated carbocycles. The molecule has 0 radical (unpaired) electrons. The maximum absolute atomic E-state index is 2.44. The van der Waals surface area contributed by atoms with Gasteiger partial charge in [0.2, 0.25) is 0 Å². The smallest absolute Gasteiger partial charge is 0.0466 e. The predicted molar refractivity (Wildman–Crippen MR) is 338 cm³/mol. The largest absolute Gasteiger partial charge is 0.310 e. The summed E-state index contributed by atoms with van der Waals surface area (Å²) in [6.07, 6.45) is 9.00. The van der Waals surface area contributed by atoms with Gasteiger partial charge in [-0.15, -0.1) is 0 Å². The molecule has 0 aliphatic heterocycles. The number of benzene rings is 9. The summed E-state index contributed by atoms with van der Waals surface area (Å²) in [5.74, 6) is 0. The van der Waals surface area contributed by atoms with Crippen LogP contribution in [0.3, 0.4) is 0 Å². The van der Waals surface area contributed by atoms with Crippen LogP contribution < -0.4 is 9.80 Å². The predicted octanol–water partition coefficient (Wildman–Crippen LogP) is 21.4. The third-order valence-corrected chi connectivity index (χ3v) is 16.7. The zero-order valence-electron chi connectivity index (χ0n) is 48.5. The summed E-state index contributed by atoms with van der Waals surface area (Å²) < 4.78 is 0. The zero-order chi connectivity index (χ0) is 55.1. The van der Waals surface area contributed by atoms with Crippen LogP contribution in [0.15, 0.2) is 182 Å². The molecule has 0 fully saturated rings. The van der Waals surface area contributed by atoms with Gasteiger partial charge < -0.3 is 9.80 Å². The summed E-state index contributed by atoms with van der Waals surface area (Å²) in [5, 5.41) is 0. The van der Waals surface area contributed by atoms with Crippen molar-refractivity contribution in [3.8, 4) is 22.3 Å². The normalized spacial score (nSPS) is 14.1. The van der Waals surface area contributed by atoms with Crippen molar-refractivity contribution in [3.63, 3.8) is 0 Å². The van der Waals surface area contributed by atoms with Crippen molar-refractivity contribution in [3.05, 3.63) is 260 Å². The van der Waals surface area contributed by atoms with E-state index in [1.54, 1.807) is 0 Å². The Labute approximate surface area is 466 Å². The standard InChI is InChI=1S/C76H76N2/c1-49-39-50(2)42-63(41-49)77(59-29-25-57(26-30-59)73(5,6)7)61-33-37-67-65-35-23-55(45-69(65)75(11,12)71(67)47-61)21-19-53-15-17-54(18-16-53)20-22-56-24-36-66-68-38-34-62(48-72(68)76(13,14)70(66)46-56)78(64-43-51(3)40-52(4)44-64)60-31-27-58(28-32-60)74(8,9)10/h15-48H,1-14H3/b21-19+,22-20+. The molecule has 0 unspecified atom stereocenters. The number of hydrogen-bond acceptors (Lipinski definition) is 2. The number of nitrogens with zero attached hydrogens (tertiary/aromatic N) is 2. The van der Waals surface area contributed by atoms with Crippen LogP contribution in [0.1, 0.15) is 147 Å². The molecule has 0 aromatic heterocycles. The Morgan fingerprint density at radius 2 is 0.551 bits per heavy atom. The summed E-state index contributed by atoms with van der Waals surface area (Å²) >= 11 is 0. The first-order valence-electron chi connectivity index (χ1n) is 28.0. The average Bonchev–Trinajstić information content (AvgIpc) is 3.82. The van der Waals surface area contributed by atoms with E-state index in [9.17, 15) is 0 Å². The van der Waals surface area contributed by atoms with Crippen molar-refractivity contribution in [1.82, 2.24) is 0 Å². The van der Waals surface area contributed by atoms with Crippen molar-refractivity contribution in [2.45, 2.75) is 119 Å². The molecular weight excluding hydrogens is 941 g/mol. The van der Waals surface area contributed by atoms with Gasteiger partial charge in [0.25, 0.3) is 0 Å². The maximum Gasteiger partial charge on any atom is 0.0466 e. The van der Waals surface area contributed by atoms with Crippen LogP contribution in [0.2, 0.25) is 0 Å². The molecule has 2 heteroatoms. The van der Waals surface area contributed by atoms with E-state index in [4.69, 9.17) is 0 Å². The lowest BCUT2D eigenvalue weighted by molar-refractivity contribution is 0.590. The van der Waals surface area contributed by atoms with Crippen molar-refractivity contribution >= 4 is 58.4 Å². The fraction of sp³-hybridized carbons (Fsp3) is 0.237. The monoisotopic (exact) mass is 1020 g/mol. The van der Waals surface area contributed by atoms with Gasteiger partial charge >= 0.3 is 0 Å². The first kappa shape index (κ1) is 52.1. The minimum atomic E-state index is -0.173. The van der Waals surface area contributed by atoms with Gasteiger partial charge in [-0.1, -0.05) is 203 Å². The van der Waals surface area contributed by atoms with E-state index in [2.05, 4.69) is 313 Å². The molecule has 2 nitrogen and oxygen atoms in total. The molecule has 2 aliphatic carbocycles. The molecule has 2 aliphatic rings. The molecule has 0 heterocycles. The van der Waals surface area contributed by atoms with Crippen LogP contribution in [0.25, 0.3) is 46.6 Å². The van der Waals surface area contributed by atoms with Gasteiger partial charge in [0.05, 0.1) is 0 Å². The van der Waals surface area contributed by atoms with Crippen molar-refractivity contribution in [2.24, 2.45) is 0 Å². The third-order valence-electron chi connectivity index (χ3n) is 16.7. The van der Waals surface area contributed by atoms with Crippen LogP contribution in [-0.4, -0.2) is 0 Å². The molecule has 9 aromatic carbocycles. The highest BCUT2D eigenvalue weighted by molar-refractivity contribution is 5.89. The molecule has 390 valence electrons. The van der Waals surface area contributed by atoms with Crippen LogP contribution in [-0.2, 0) is 21.7 Å². The lowest BCUT2D eigenvalue weighted by Gasteiger charge is -2.29. The van der Waals surface area contributed by atoms with Crippen molar-refractivity contribution in [2.75, 3.05) is 9.80 Å². The lowest BCUT2D eigenvalue weighted by Crippen LogP contribution is -2.17. The maximum atomic E-state index is 2.44. The summed E-state index contributed by atoms with van der Waals surface area (Å²) in [6, 6.07) is 69.1. The van der Waals surface area contributed by atoms with Crippen LogP contribution in [0.5, 0.6) is 0 Å². The lowest BCUT2D eigenvalue weighted by atomic mass is 9.81. The zero-order valence-corrected chi connectivity index (χ0v) is 48.5. The Morgan fingerprint density at radius 1 is 0.282 bits per heavy atom. The van der Waals surface area contributed by atoms with Crippen LogP contribution in [0, 0.1) is 27.7 Å². The highest BCUT2D eigenvalue weighted by Crippen LogP contribution is 2.53. The Kier molecular flexibility index (Phi) is 13.0. The van der Waals surface area contributed by atoms with Gasteiger partial charge in [-0.25, -0.2) is 0 Å². The minimum Gasteiger partial charge on any atom is -0.310 e. The van der Waals surface area contributed by atoms with Crippen molar-refractivity contribution < 1.29 is 0 Å². The second kappa shape index (κ2) is 19.5. The summed E-state index contributed by atoms with van der Waals surface area (Å²) in [7, 11) is 0. The Bertz CT molecular complexity index is 3530. The van der Waals surface area contributed by atoms with Crippen LogP contribution >= 0.6 is 0 Å². The summed E-state index contributed by atoms with van der Waals surface area (Å²) in [5.41, 5.74) is 30.1. The van der Waals surface area contributed by atoms with E-state index in [1.165, 1.54) is 123 Å². The molecule has 0 amide bonds. The number of fused-ring (bicyclic) bond motifs is 6. The number of anilines is 6. The Hall–Kier alpha value is -7.94. The molecule has 0 bridgehead atoms.